The molecule has 0 spiro atoms. The molecule has 0 fully saturated rings. The van der Waals surface area contributed by atoms with Crippen molar-refractivity contribution in [2.24, 2.45) is 14.1 Å². The van der Waals surface area contributed by atoms with E-state index in [-0.39, 0.29) is 11.2 Å². The van der Waals surface area contributed by atoms with Crippen LogP contribution in [0.5, 0.6) is 5.75 Å². The molecular formula is C22H21N3O3. The van der Waals surface area contributed by atoms with Crippen LogP contribution in [0.4, 0.5) is 0 Å². The Hall–Kier alpha value is -3.54. The fourth-order valence-electron chi connectivity index (χ4n) is 3.60. The minimum atomic E-state index is -0.347. The summed E-state index contributed by atoms with van der Waals surface area (Å²) < 4.78 is 9.92. The molecule has 0 aliphatic carbocycles. The van der Waals surface area contributed by atoms with Crippen LogP contribution in [0.1, 0.15) is 5.56 Å². The minimum Gasteiger partial charge on any atom is -0.497 e. The molecule has 6 nitrogen and oxygen atoms in total. The Bertz CT molecular complexity index is 1310. The lowest BCUT2D eigenvalue weighted by Crippen LogP contribution is -2.36. The molecule has 2 heterocycles. The number of methoxy groups -OCH3 is 1. The van der Waals surface area contributed by atoms with E-state index >= 15 is 0 Å². The van der Waals surface area contributed by atoms with Crippen LogP contribution in [0.25, 0.3) is 27.8 Å². The Labute approximate surface area is 161 Å². The first-order valence-electron chi connectivity index (χ1n) is 8.95. The van der Waals surface area contributed by atoms with Crippen LogP contribution in [-0.2, 0) is 14.1 Å². The zero-order valence-corrected chi connectivity index (χ0v) is 16.3. The summed E-state index contributed by atoms with van der Waals surface area (Å²) in [6.07, 6.45) is 1.86. The highest BCUT2D eigenvalue weighted by molar-refractivity contribution is 5.95. The molecule has 4 rings (SSSR count). The van der Waals surface area contributed by atoms with Gasteiger partial charge >= 0.3 is 5.69 Å². The molecule has 0 saturated heterocycles. The molecular weight excluding hydrogens is 354 g/mol. The number of fused-ring (bicyclic) bond motifs is 1. The quantitative estimate of drug-likeness (QED) is 0.553. The second-order valence-corrected chi connectivity index (χ2v) is 6.83. The highest BCUT2D eigenvalue weighted by Crippen LogP contribution is 2.32. The van der Waals surface area contributed by atoms with Crippen molar-refractivity contribution in [2.45, 2.75) is 6.92 Å². The van der Waals surface area contributed by atoms with Gasteiger partial charge in [-0.15, -0.1) is 0 Å². The predicted octanol–water partition coefficient (Wildman–Crippen LogP) is 3.01. The molecule has 2 aromatic heterocycles. The van der Waals surface area contributed by atoms with E-state index in [1.54, 1.807) is 14.2 Å². The van der Waals surface area contributed by atoms with Gasteiger partial charge in [-0.05, 0) is 48.4 Å². The average Bonchev–Trinajstić information content (AvgIpc) is 3.11. The largest absolute Gasteiger partial charge is 0.497 e. The molecule has 6 heteroatoms. The molecule has 28 heavy (non-hydrogen) atoms. The van der Waals surface area contributed by atoms with Gasteiger partial charge < -0.3 is 9.30 Å². The topological polar surface area (TPSA) is 58.2 Å². The highest BCUT2D eigenvalue weighted by Gasteiger charge is 2.20. The molecule has 0 unspecified atom stereocenters. The third-order valence-electron chi connectivity index (χ3n) is 5.18. The van der Waals surface area contributed by atoms with Crippen molar-refractivity contribution < 1.29 is 4.74 Å². The van der Waals surface area contributed by atoms with E-state index in [1.807, 2.05) is 66.2 Å². The monoisotopic (exact) mass is 375 g/mol. The van der Waals surface area contributed by atoms with Gasteiger partial charge in [0.25, 0.3) is 5.56 Å². The number of aromatic nitrogens is 3. The van der Waals surface area contributed by atoms with Gasteiger partial charge in [-0.2, -0.15) is 0 Å². The lowest BCUT2D eigenvalue weighted by molar-refractivity contribution is 0.415. The first-order chi connectivity index (χ1) is 13.4. The van der Waals surface area contributed by atoms with Crippen LogP contribution >= 0.6 is 0 Å². The van der Waals surface area contributed by atoms with Crippen molar-refractivity contribution >= 4 is 10.9 Å². The molecule has 0 atom stereocenters. The number of rotatable bonds is 3. The maximum atomic E-state index is 13.1. The van der Waals surface area contributed by atoms with Crippen molar-refractivity contribution in [1.82, 2.24) is 13.7 Å². The maximum Gasteiger partial charge on any atom is 0.330 e. The van der Waals surface area contributed by atoms with E-state index in [4.69, 9.17) is 4.74 Å². The van der Waals surface area contributed by atoms with Crippen molar-refractivity contribution in [3.8, 4) is 22.7 Å². The van der Waals surface area contributed by atoms with E-state index < -0.39 is 0 Å². The lowest BCUT2D eigenvalue weighted by atomic mass is 10.1. The molecule has 0 aliphatic heterocycles. The number of ether oxygens (including phenoxy) is 1. The number of hydrogen-bond donors (Lipinski definition) is 0. The molecule has 0 saturated carbocycles. The Morgan fingerprint density at radius 2 is 1.57 bits per heavy atom. The third kappa shape index (κ3) is 2.57. The van der Waals surface area contributed by atoms with Crippen LogP contribution in [-0.4, -0.2) is 20.8 Å². The molecule has 0 N–H and O–H groups in total. The van der Waals surface area contributed by atoms with Crippen molar-refractivity contribution in [3.63, 3.8) is 0 Å². The third-order valence-corrected chi connectivity index (χ3v) is 5.18. The fourth-order valence-corrected chi connectivity index (χ4v) is 3.60. The van der Waals surface area contributed by atoms with Gasteiger partial charge in [0.1, 0.15) is 5.75 Å². The van der Waals surface area contributed by atoms with E-state index in [1.165, 1.54) is 11.6 Å². The van der Waals surface area contributed by atoms with Crippen molar-refractivity contribution in [1.29, 1.82) is 0 Å². The van der Waals surface area contributed by atoms with Crippen LogP contribution in [0, 0.1) is 6.92 Å². The van der Waals surface area contributed by atoms with Crippen molar-refractivity contribution in [3.05, 3.63) is 81.1 Å². The highest BCUT2D eigenvalue weighted by atomic mass is 16.5. The van der Waals surface area contributed by atoms with Gasteiger partial charge in [-0.25, -0.2) is 4.79 Å². The molecule has 0 aliphatic rings. The molecule has 0 radical (unpaired) electrons. The summed E-state index contributed by atoms with van der Waals surface area (Å²) in [5.41, 5.74) is 3.59. The Morgan fingerprint density at radius 1 is 0.893 bits per heavy atom. The zero-order chi connectivity index (χ0) is 20.0. The number of para-hydroxylation sites is 1. The summed E-state index contributed by atoms with van der Waals surface area (Å²) in [6.45, 7) is 2.02. The smallest absolute Gasteiger partial charge is 0.330 e. The van der Waals surface area contributed by atoms with E-state index in [9.17, 15) is 9.59 Å². The molecule has 0 amide bonds. The number of benzene rings is 2. The first kappa shape index (κ1) is 17.9. The summed E-state index contributed by atoms with van der Waals surface area (Å²) >= 11 is 0. The second kappa shape index (κ2) is 6.56. The van der Waals surface area contributed by atoms with Gasteiger partial charge in [0.05, 0.1) is 23.7 Å². The Kier molecular flexibility index (Phi) is 4.19. The molecule has 0 bridgehead atoms. The van der Waals surface area contributed by atoms with E-state index in [0.29, 0.717) is 10.9 Å². The fraction of sp³-hybridized carbons (Fsp3) is 0.182. The summed E-state index contributed by atoms with van der Waals surface area (Å²) in [5.74, 6) is 0.738. The van der Waals surface area contributed by atoms with Crippen LogP contribution < -0.4 is 16.0 Å². The molecule has 4 aromatic rings. The minimum absolute atomic E-state index is 0.309. The maximum absolute atomic E-state index is 13.1. The van der Waals surface area contributed by atoms with Gasteiger partial charge in [-0.3, -0.25) is 13.9 Å². The average molecular weight is 375 g/mol. The second-order valence-electron chi connectivity index (χ2n) is 6.83. The lowest BCUT2D eigenvalue weighted by Gasteiger charge is -2.13. The first-order valence-corrected chi connectivity index (χ1v) is 8.95. The SMILES string of the molecule is COc1ccc(-c2c3c(=O)n(C)c(=O)n(C)c3cn2-c2ccccc2C)cc1. The number of hydrogen-bond acceptors (Lipinski definition) is 3. The molecule has 2 aromatic carbocycles. The van der Waals surface area contributed by atoms with Crippen molar-refractivity contribution in [2.75, 3.05) is 7.11 Å². The van der Waals surface area contributed by atoms with Gasteiger partial charge in [-0.1, -0.05) is 18.2 Å². The van der Waals surface area contributed by atoms with Crippen LogP contribution in [0.2, 0.25) is 0 Å². The van der Waals surface area contributed by atoms with Crippen LogP contribution in [0.3, 0.4) is 0 Å². The number of aryl methyl sites for hydroxylation is 2. The normalized spacial score (nSPS) is 11.1. The summed E-state index contributed by atoms with van der Waals surface area (Å²) in [4.78, 5) is 25.5. The summed E-state index contributed by atoms with van der Waals surface area (Å²) in [5, 5.41) is 0.512. The Balaban J connectivity index is 2.18. The predicted molar refractivity (Wildman–Crippen MR) is 110 cm³/mol. The van der Waals surface area contributed by atoms with Gasteiger partial charge in [0, 0.05) is 26.0 Å². The van der Waals surface area contributed by atoms with Gasteiger partial charge in [0.2, 0.25) is 0 Å². The standard InChI is InChI=1S/C22H21N3O3/c1-14-7-5-6-8-17(14)25-13-18-19(21(26)24(3)22(27)23(18)2)20(25)15-9-11-16(28-4)12-10-15/h5-13H,1-4H3. The van der Waals surface area contributed by atoms with Crippen LogP contribution in [0.15, 0.2) is 64.3 Å². The Morgan fingerprint density at radius 3 is 2.21 bits per heavy atom. The summed E-state index contributed by atoms with van der Waals surface area (Å²) in [6, 6.07) is 15.5. The molecule has 142 valence electrons. The van der Waals surface area contributed by atoms with E-state index in [0.717, 1.165) is 32.8 Å². The number of nitrogens with zero attached hydrogens (tertiary/aromatic N) is 3. The van der Waals surface area contributed by atoms with E-state index in [2.05, 4.69) is 0 Å². The van der Waals surface area contributed by atoms with Gasteiger partial charge in [0.15, 0.2) is 0 Å². The zero-order valence-electron chi connectivity index (χ0n) is 16.3. The summed E-state index contributed by atoms with van der Waals surface area (Å²) in [7, 11) is 4.81.